The Morgan fingerprint density at radius 1 is 1.25 bits per heavy atom. The molecule has 1 aromatic heterocycles. The molecule has 7 heteroatoms. The minimum absolute atomic E-state index is 0.0402. The summed E-state index contributed by atoms with van der Waals surface area (Å²) in [5.41, 5.74) is 0. The maximum absolute atomic E-state index is 10.6. The lowest BCUT2D eigenvalue weighted by Gasteiger charge is -2.06. The zero-order chi connectivity index (χ0) is 14.1. The van der Waals surface area contributed by atoms with Gasteiger partial charge in [0.2, 0.25) is 0 Å². The SMILES string of the molecule is O=[N+]([O-])c1cnc(Oc2cc3ccccc3cc2O)s1. The van der Waals surface area contributed by atoms with E-state index in [4.69, 9.17) is 4.74 Å². The van der Waals surface area contributed by atoms with Crippen molar-refractivity contribution in [2.45, 2.75) is 0 Å². The summed E-state index contributed by atoms with van der Waals surface area (Å²) in [6, 6.07) is 10.7. The maximum atomic E-state index is 10.6. The molecule has 2 aromatic carbocycles. The zero-order valence-corrected chi connectivity index (χ0v) is 10.8. The highest BCUT2D eigenvalue weighted by atomic mass is 32.1. The van der Waals surface area contributed by atoms with Crippen molar-refractivity contribution in [3.05, 3.63) is 52.7 Å². The van der Waals surface area contributed by atoms with Gasteiger partial charge >= 0.3 is 5.00 Å². The topological polar surface area (TPSA) is 85.5 Å². The average Bonchev–Trinajstić information content (AvgIpc) is 2.88. The monoisotopic (exact) mass is 288 g/mol. The lowest BCUT2D eigenvalue weighted by Crippen LogP contribution is -1.84. The molecule has 1 N–H and O–H groups in total. The van der Waals surface area contributed by atoms with E-state index in [0.29, 0.717) is 0 Å². The second kappa shape index (κ2) is 4.78. The van der Waals surface area contributed by atoms with E-state index in [1.807, 2.05) is 24.3 Å². The van der Waals surface area contributed by atoms with E-state index in [9.17, 15) is 15.2 Å². The average molecular weight is 288 g/mol. The molecule has 0 atom stereocenters. The van der Waals surface area contributed by atoms with Crippen molar-refractivity contribution in [2.75, 3.05) is 0 Å². The van der Waals surface area contributed by atoms with Crippen molar-refractivity contribution in [1.29, 1.82) is 0 Å². The van der Waals surface area contributed by atoms with Gasteiger partial charge in [0, 0.05) is 0 Å². The summed E-state index contributed by atoms with van der Waals surface area (Å²) in [5.74, 6) is 0.175. The van der Waals surface area contributed by atoms with Crippen molar-refractivity contribution < 1.29 is 14.8 Å². The quantitative estimate of drug-likeness (QED) is 0.586. The number of thiazole rings is 1. The van der Waals surface area contributed by atoms with Gasteiger partial charge in [0.15, 0.2) is 11.5 Å². The molecule has 0 aliphatic carbocycles. The van der Waals surface area contributed by atoms with Crippen LogP contribution in [0.5, 0.6) is 16.7 Å². The van der Waals surface area contributed by atoms with Gasteiger partial charge < -0.3 is 9.84 Å². The molecule has 1 heterocycles. The van der Waals surface area contributed by atoms with Gasteiger partial charge in [-0.3, -0.25) is 10.1 Å². The van der Waals surface area contributed by atoms with Gasteiger partial charge in [-0.15, -0.1) is 0 Å². The van der Waals surface area contributed by atoms with Crippen LogP contribution in [0.4, 0.5) is 5.00 Å². The van der Waals surface area contributed by atoms with E-state index in [0.717, 1.165) is 28.3 Å². The molecule has 0 aliphatic rings. The number of rotatable bonds is 3. The molecule has 0 aliphatic heterocycles. The van der Waals surface area contributed by atoms with Crippen LogP contribution in [0.1, 0.15) is 0 Å². The largest absolute Gasteiger partial charge is 0.504 e. The first kappa shape index (κ1) is 12.4. The zero-order valence-electron chi connectivity index (χ0n) is 10.0. The Labute approximate surface area is 117 Å². The molecular weight excluding hydrogens is 280 g/mol. The van der Waals surface area contributed by atoms with Crippen LogP contribution < -0.4 is 4.74 Å². The molecule has 0 fully saturated rings. The van der Waals surface area contributed by atoms with E-state index < -0.39 is 4.92 Å². The molecule has 0 amide bonds. The highest BCUT2D eigenvalue weighted by Gasteiger charge is 2.14. The van der Waals surface area contributed by atoms with E-state index >= 15 is 0 Å². The summed E-state index contributed by atoms with van der Waals surface area (Å²) in [7, 11) is 0. The van der Waals surface area contributed by atoms with Crippen LogP contribution in [0.2, 0.25) is 0 Å². The third kappa shape index (κ3) is 2.26. The second-order valence-corrected chi connectivity index (χ2v) is 4.96. The Balaban J connectivity index is 1.97. The summed E-state index contributed by atoms with van der Waals surface area (Å²) >= 11 is 0.806. The van der Waals surface area contributed by atoms with Crippen molar-refractivity contribution in [1.82, 2.24) is 4.98 Å². The molecule has 3 rings (SSSR count). The number of nitrogens with zero attached hydrogens (tertiary/aromatic N) is 2. The van der Waals surface area contributed by atoms with Crippen LogP contribution >= 0.6 is 11.3 Å². The number of nitro groups is 1. The van der Waals surface area contributed by atoms with Crippen LogP contribution in [0.15, 0.2) is 42.6 Å². The number of fused-ring (bicyclic) bond motifs is 1. The van der Waals surface area contributed by atoms with Crippen molar-refractivity contribution >= 4 is 27.1 Å². The number of aromatic hydroxyl groups is 1. The van der Waals surface area contributed by atoms with Crippen LogP contribution in [0, 0.1) is 10.1 Å². The Morgan fingerprint density at radius 2 is 1.95 bits per heavy atom. The number of phenols is 1. The molecule has 20 heavy (non-hydrogen) atoms. The summed E-state index contributed by atoms with van der Waals surface area (Å²) in [6.45, 7) is 0. The van der Waals surface area contributed by atoms with Gasteiger partial charge in [0.1, 0.15) is 6.20 Å². The molecule has 0 saturated carbocycles. The van der Waals surface area contributed by atoms with Crippen molar-refractivity contribution in [3.8, 4) is 16.7 Å². The Morgan fingerprint density at radius 3 is 2.60 bits per heavy atom. The third-order valence-electron chi connectivity index (χ3n) is 2.68. The number of aromatic nitrogens is 1. The Hall–Kier alpha value is -2.67. The predicted molar refractivity (Wildman–Crippen MR) is 74.5 cm³/mol. The summed E-state index contributed by atoms with van der Waals surface area (Å²) < 4.78 is 5.40. The Bertz CT molecular complexity index is 800. The van der Waals surface area contributed by atoms with Crippen LogP contribution in [-0.4, -0.2) is 15.0 Å². The van der Waals surface area contributed by atoms with Crippen LogP contribution in [-0.2, 0) is 0 Å². The minimum Gasteiger partial charge on any atom is -0.504 e. The second-order valence-electron chi connectivity index (χ2n) is 3.99. The fourth-order valence-corrected chi connectivity index (χ4v) is 2.36. The van der Waals surface area contributed by atoms with Gasteiger partial charge in [-0.1, -0.05) is 24.3 Å². The molecule has 6 nitrogen and oxygen atoms in total. The standard InChI is InChI=1S/C13H8N2O4S/c16-10-5-8-3-1-2-4-9(8)6-11(10)19-13-14-7-12(20-13)15(17)18/h1-7,16H. The van der Waals surface area contributed by atoms with Gasteiger partial charge in [0.05, 0.1) is 4.92 Å². The van der Waals surface area contributed by atoms with Gasteiger partial charge in [-0.2, -0.15) is 0 Å². The highest BCUT2D eigenvalue weighted by Crippen LogP contribution is 2.37. The number of hydrogen-bond donors (Lipinski definition) is 1. The number of hydrogen-bond acceptors (Lipinski definition) is 6. The molecule has 0 saturated heterocycles. The first-order chi connectivity index (χ1) is 9.63. The van der Waals surface area contributed by atoms with E-state index in [2.05, 4.69) is 4.98 Å². The maximum Gasteiger partial charge on any atom is 0.347 e. The van der Waals surface area contributed by atoms with Crippen LogP contribution in [0.3, 0.4) is 0 Å². The normalized spacial score (nSPS) is 10.6. The molecule has 3 aromatic rings. The first-order valence-electron chi connectivity index (χ1n) is 5.63. The van der Waals surface area contributed by atoms with E-state index in [1.165, 1.54) is 0 Å². The Kier molecular flexibility index (Phi) is 2.96. The fraction of sp³-hybridized carbons (Fsp3) is 0. The fourth-order valence-electron chi connectivity index (χ4n) is 1.76. The molecule has 0 spiro atoms. The molecule has 0 bridgehead atoms. The summed E-state index contributed by atoms with van der Waals surface area (Å²) in [5, 5.41) is 22.3. The van der Waals surface area contributed by atoms with Gasteiger partial charge in [-0.25, -0.2) is 4.98 Å². The third-order valence-corrected chi connectivity index (χ3v) is 3.50. The predicted octanol–water partition coefficient (Wildman–Crippen LogP) is 3.70. The van der Waals surface area contributed by atoms with Crippen molar-refractivity contribution in [3.63, 3.8) is 0 Å². The van der Waals surface area contributed by atoms with Crippen molar-refractivity contribution in [2.24, 2.45) is 0 Å². The molecular formula is C13H8N2O4S. The minimum atomic E-state index is -0.537. The first-order valence-corrected chi connectivity index (χ1v) is 6.45. The smallest absolute Gasteiger partial charge is 0.347 e. The number of phenolic OH excluding ortho intramolecular Hbond substituents is 1. The molecule has 100 valence electrons. The number of benzene rings is 2. The summed E-state index contributed by atoms with van der Waals surface area (Å²) in [6.07, 6.45) is 1.12. The highest BCUT2D eigenvalue weighted by molar-refractivity contribution is 7.16. The number of ether oxygens (including phenoxy) is 1. The lowest BCUT2D eigenvalue weighted by atomic mass is 10.1. The molecule has 0 unspecified atom stereocenters. The van der Waals surface area contributed by atoms with Crippen LogP contribution in [0.25, 0.3) is 10.8 Å². The van der Waals surface area contributed by atoms with E-state index in [1.54, 1.807) is 12.1 Å². The van der Waals surface area contributed by atoms with Gasteiger partial charge in [-0.05, 0) is 34.2 Å². The van der Waals surface area contributed by atoms with Gasteiger partial charge in [0.25, 0.3) is 5.19 Å². The van der Waals surface area contributed by atoms with E-state index in [-0.39, 0.29) is 21.7 Å². The molecule has 0 radical (unpaired) electrons. The lowest BCUT2D eigenvalue weighted by molar-refractivity contribution is -0.380. The summed E-state index contributed by atoms with van der Waals surface area (Å²) in [4.78, 5) is 13.8.